The Kier molecular flexibility index (Phi) is 8.30. The summed E-state index contributed by atoms with van der Waals surface area (Å²) in [5, 5.41) is 15.1. The van der Waals surface area contributed by atoms with Gasteiger partial charge in [-0.25, -0.2) is 4.79 Å². The smallest absolute Gasteiger partial charge is 0.336 e. The van der Waals surface area contributed by atoms with Crippen LogP contribution in [0.5, 0.6) is 11.5 Å². The molecule has 0 aromatic heterocycles. The monoisotopic (exact) mass is 554 g/mol. The van der Waals surface area contributed by atoms with Gasteiger partial charge in [0.05, 0.1) is 31.3 Å². The first-order chi connectivity index (χ1) is 18.5. The van der Waals surface area contributed by atoms with Crippen molar-refractivity contribution in [2.45, 2.75) is 45.4 Å². The zero-order chi connectivity index (χ0) is 28.4. The van der Waals surface area contributed by atoms with E-state index in [-0.39, 0.29) is 46.9 Å². The summed E-state index contributed by atoms with van der Waals surface area (Å²) in [6, 6.07) is 9.61. The van der Waals surface area contributed by atoms with Gasteiger partial charge in [0.2, 0.25) is 0 Å². The van der Waals surface area contributed by atoms with Crippen LogP contribution in [-0.2, 0) is 14.3 Å². The van der Waals surface area contributed by atoms with Crippen LogP contribution in [0.25, 0.3) is 0 Å². The number of nitro groups is 1. The summed E-state index contributed by atoms with van der Waals surface area (Å²) in [4.78, 5) is 38.3. The van der Waals surface area contributed by atoms with Crippen molar-refractivity contribution in [1.29, 1.82) is 0 Å². The molecule has 2 unspecified atom stereocenters. The zero-order valence-electron chi connectivity index (χ0n) is 22.5. The van der Waals surface area contributed by atoms with Gasteiger partial charge in [-0.2, -0.15) is 0 Å². The van der Waals surface area contributed by atoms with Crippen LogP contribution in [0.2, 0.25) is 5.02 Å². The number of ketones is 1. The Morgan fingerprint density at radius 3 is 2.49 bits per heavy atom. The molecule has 1 aliphatic heterocycles. The van der Waals surface area contributed by atoms with Crippen LogP contribution in [-0.4, -0.2) is 37.5 Å². The number of methoxy groups -OCH3 is 2. The minimum absolute atomic E-state index is 0.0968. The van der Waals surface area contributed by atoms with E-state index in [1.54, 1.807) is 27.2 Å². The highest BCUT2D eigenvalue weighted by atomic mass is 35.5. The van der Waals surface area contributed by atoms with Gasteiger partial charge < -0.3 is 19.5 Å². The number of hydrogen-bond acceptors (Lipinski definition) is 8. The van der Waals surface area contributed by atoms with Crippen LogP contribution in [0, 0.1) is 16.0 Å². The molecule has 0 saturated carbocycles. The highest BCUT2D eigenvalue weighted by molar-refractivity contribution is 6.31. The fourth-order valence-corrected chi connectivity index (χ4v) is 5.38. The maximum atomic E-state index is 13.8. The normalized spacial score (nSPS) is 19.0. The van der Waals surface area contributed by atoms with Crippen LogP contribution >= 0.6 is 11.6 Å². The van der Waals surface area contributed by atoms with E-state index in [9.17, 15) is 19.7 Å². The van der Waals surface area contributed by atoms with E-state index in [0.717, 1.165) is 5.56 Å². The van der Waals surface area contributed by atoms with E-state index in [4.69, 9.17) is 25.8 Å². The number of carbonyl (C=O) groups is 2. The number of esters is 1. The first-order valence-electron chi connectivity index (χ1n) is 12.6. The predicted molar refractivity (Wildman–Crippen MR) is 146 cm³/mol. The SMILES string of the molecule is COc1ccc(C2CC(=O)C3=C(C2)NC(C)=C(C(=O)OCC(C)C)C3c2cc([N+](=O)[O-])ccc2Cl)cc1OC. The highest BCUT2D eigenvalue weighted by Gasteiger charge is 2.42. The second-order valence-corrected chi connectivity index (χ2v) is 10.5. The molecular formula is C29H31ClN2O7. The molecule has 0 saturated heterocycles. The zero-order valence-corrected chi connectivity index (χ0v) is 23.3. The van der Waals surface area contributed by atoms with Gasteiger partial charge in [0.1, 0.15) is 0 Å². The molecule has 0 bridgehead atoms. The summed E-state index contributed by atoms with van der Waals surface area (Å²) in [7, 11) is 3.11. The fourth-order valence-electron chi connectivity index (χ4n) is 5.15. The molecule has 2 atom stereocenters. The van der Waals surface area contributed by atoms with E-state index in [2.05, 4.69) is 5.32 Å². The number of carbonyl (C=O) groups excluding carboxylic acids is 2. The standard InChI is InChI=1S/C29H31ClN2O7/c1-15(2)14-39-29(34)26-16(3)31-22-10-18(17-6-9-24(37-4)25(12-17)38-5)11-23(33)28(22)27(26)20-13-19(32(35)36)7-8-21(20)30/h6-9,12-13,15,18,27,31H,10-11,14H2,1-5H3. The molecule has 39 heavy (non-hydrogen) atoms. The van der Waals surface area contributed by atoms with Gasteiger partial charge in [-0.05, 0) is 54.5 Å². The van der Waals surface area contributed by atoms with Crippen molar-refractivity contribution in [1.82, 2.24) is 5.32 Å². The molecule has 2 aromatic rings. The van der Waals surface area contributed by atoms with Crippen molar-refractivity contribution >= 4 is 29.0 Å². The first kappa shape index (κ1) is 28.2. The van der Waals surface area contributed by atoms with Crippen LogP contribution in [0.15, 0.2) is 58.9 Å². The molecule has 0 fully saturated rings. The summed E-state index contributed by atoms with van der Waals surface area (Å²) >= 11 is 6.57. The van der Waals surface area contributed by atoms with E-state index in [1.165, 1.54) is 18.2 Å². The van der Waals surface area contributed by atoms with Crippen molar-refractivity contribution in [3.05, 3.63) is 85.2 Å². The first-order valence-corrected chi connectivity index (χ1v) is 13.0. The molecule has 2 aliphatic rings. The van der Waals surface area contributed by atoms with E-state index >= 15 is 0 Å². The quantitative estimate of drug-likeness (QED) is 0.246. The molecule has 0 radical (unpaired) electrons. The average Bonchev–Trinajstić information content (AvgIpc) is 2.90. The van der Waals surface area contributed by atoms with Gasteiger partial charge in [-0.1, -0.05) is 31.5 Å². The minimum Gasteiger partial charge on any atom is -0.493 e. The number of ether oxygens (including phenoxy) is 3. The summed E-state index contributed by atoms with van der Waals surface area (Å²) in [6.45, 7) is 5.76. The second kappa shape index (κ2) is 11.5. The fraction of sp³-hybridized carbons (Fsp3) is 0.379. The van der Waals surface area contributed by atoms with Gasteiger partial charge in [0.15, 0.2) is 17.3 Å². The molecule has 9 nitrogen and oxygen atoms in total. The van der Waals surface area contributed by atoms with Crippen LogP contribution < -0.4 is 14.8 Å². The van der Waals surface area contributed by atoms with Crippen molar-refractivity contribution < 1.29 is 28.7 Å². The van der Waals surface area contributed by atoms with Gasteiger partial charge in [0.25, 0.3) is 5.69 Å². The number of hydrogen-bond donors (Lipinski definition) is 1. The van der Waals surface area contributed by atoms with Crippen LogP contribution in [0.1, 0.15) is 56.6 Å². The number of nitro benzene ring substituents is 1. The Balaban J connectivity index is 1.82. The van der Waals surface area contributed by atoms with Gasteiger partial charge in [0, 0.05) is 46.5 Å². The molecule has 10 heteroatoms. The number of nitrogens with zero attached hydrogens (tertiary/aromatic N) is 1. The topological polar surface area (TPSA) is 117 Å². The molecule has 1 heterocycles. The number of nitrogens with one attached hydrogen (secondary N) is 1. The molecule has 2 aromatic carbocycles. The Labute approximate surface area is 231 Å². The largest absolute Gasteiger partial charge is 0.493 e. The minimum atomic E-state index is -0.910. The predicted octanol–water partition coefficient (Wildman–Crippen LogP) is 5.83. The van der Waals surface area contributed by atoms with Crippen molar-refractivity contribution in [3.63, 3.8) is 0 Å². The Hall–Kier alpha value is -3.85. The molecule has 0 amide bonds. The van der Waals surface area contributed by atoms with Gasteiger partial charge in [-0.3, -0.25) is 14.9 Å². The number of rotatable bonds is 8. The van der Waals surface area contributed by atoms with E-state index < -0.39 is 16.8 Å². The summed E-state index contributed by atoms with van der Waals surface area (Å²) in [6.07, 6.45) is 0.650. The van der Waals surface area contributed by atoms with Crippen molar-refractivity contribution in [2.75, 3.05) is 20.8 Å². The summed E-state index contributed by atoms with van der Waals surface area (Å²) < 4.78 is 16.4. The van der Waals surface area contributed by atoms with Crippen LogP contribution in [0.4, 0.5) is 5.69 Å². The molecular weight excluding hydrogens is 524 g/mol. The third-order valence-electron chi connectivity index (χ3n) is 6.98. The number of halogens is 1. The molecule has 206 valence electrons. The number of benzene rings is 2. The Bertz CT molecular complexity index is 1400. The average molecular weight is 555 g/mol. The van der Waals surface area contributed by atoms with Crippen molar-refractivity contribution in [2.24, 2.45) is 5.92 Å². The number of dihydropyridines is 1. The Morgan fingerprint density at radius 1 is 1.13 bits per heavy atom. The van der Waals surface area contributed by atoms with Crippen molar-refractivity contribution in [3.8, 4) is 11.5 Å². The lowest BCUT2D eigenvalue weighted by Gasteiger charge is -2.37. The second-order valence-electron chi connectivity index (χ2n) is 10.1. The molecule has 4 rings (SSSR count). The lowest BCUT2D eigenvalue weighted by molar-refractivity contribution is -0.384. The Morgan fingerprint density at radius 2 is 1.85 bits per heavy atom. The molecule has 1 aliphatic carbocycles. The summed E-state index contributed by atoms with van der Waals surface area (Å²) in [5.74, 6) is -0.603. The highest BCUT2D eigenvalue weighted by Crippen LogP contribution is 2.48. The van der Waals surface area contributed by atoms with Crippen LogP contribution in [0.3, 0.4) is 0 Å². The summed E-state index contributed by atoms with van der Waals surface area (Å²) in [5.41, 5.74) is 2.78. The van der Waals surface area contributed by atoms with Gasteiger partial charge in [-0.15, -0.1) is 0 Å². The van der Waals surface area contributed by atoms with E-state index in [0.29, 0.717) is 40.5 Å². The maximum absolute atomic E-state index is 13.8. The van der Waals surface area contributed by atoms with Gasteiger partial charge >= 0.3 is 5.97 Å². The number of Topliss-reactive ketones (excluding diaryl/α,β-unsaturated/α-hetero) is 1. The molecule has 0 spiro atoms. The third-order valence-corrected chi connectivity index (χ3v) is 7.32. The third kappa shape index (κ3) is 5.63. The molecule has 1 N–H and O–H groups in total. The lowest BCUT2D eigenvalue weighted by Crippen LogP contribution is -2.36. The van der Waals surface area contributed by atoms with E-state index in [1.807, 2.05) is 26.0 Å². The maximum Gasteiger partial charge on any atom is 0.336 e. The number of non-ortho nitro benzene ring substituents is 1. The lowest BCUT2D eigenvalue weighted by atomic mass is 9.71. The number of allylic oxidation sites excluding steroid dienone is 3.